The van der Waals surface area contributed by atoms with Crippen molar-refractivity contribution in [2.24, 2.45) is 0 Å². The smallest absolute Gasteiger partial charge is 0.312 e. The van der Waals surface area contributed by atoms with Crippen LogP contribution in [0.2, 0.25) is 0 Å². The van der Waals surface area contributed by atoms with Crippen LogP contribution in [0.3, 0.4) is 0 Å². The largest absolute Gasteiger partial charge is 0.460 e. The first kappa shape index (κ1) is 13.1. The third kappa shape index (κ3) is 3.10. The fraction of sp³-hybridized carbons (Fsp3) is 0.385. The molecule has 18 heavy (non-hydrogen) atoms. The molecule has 2 aromatic heterocycles. The van der Waals surface area contributed by atoms with Gasteiger partial charge in [-0.25, -0.2) is 4.98 Å². The SMILES string of the molecule is CC(C)(C)OC(=O)Cc1cn2cccc(Br)c2n1. The molecule has 0 N–H and O–H groups in total. The molecule has 2 aromatic rings. The van der Waals surface area contributed by atoms with Gasteiger partial charge in [0.05, 0.1) is 16.6 Å². The van der Waals surface area contributed by atoms with Crippen molar-refractivity contribution in [1.82, 2.24) is 9.38 Å². The Morgan fingerprint density at radius 3 is 2.83 bits per heavy atom. The molecule has 0 aliphatic rings. The average molecular weight is 311 g/mol. The van der Waals surface area contributed by atoms with Gasteiger partial charge >= 0.3 is 5.97 Å². The Morgan fingerprint density at radius 2 is 2.22 bits per heavy atom. The van der Waals surface area contributed by atoms with Crippen molar-refractivity contribution in [3.63, 3.8) is 0 Å². The molecule has 2 rings (SSSR count). The molecule has 0 amide bonds. The highest BCUT2D eigenvalue weighted by Crippen LogP contribution is 2.17. The molecule has 0 aliphatic heterocycles. The molecule has 0 unspecified atom stereocenters. The highest BCUT2D eigenvalue weighted by molar-refractivity contribution is 9.10. The number of carbonyl (C=O) groups is 1. The first-order valence-corrected chi connectivity index (χ1v) is 6.48. The number of hydrogen-bond donors (Lipinski definition) is 0. The van der Waals surface area contributed by atoms with Crippen LogP contribution in [0.1, 0.15) is 26.5 Å². The molecule has 2 heterocycles. The van der Waals surface area contributed by atoms with Crippen LogP contribution in [-0.2, 0) is 16.0 Å². The predicted octanol–water partition coefficient (Wildman–Crippen LogP) is 2.98. The number of hydrogen-bond acceptors (Lipinski definition) is 3. The van der Waals surface area contributed by atoms with E-state index in [4.69, 9.17) is 4.74 Å². The van der Waals surface area contributed by atoms with Crippen LogP contribution in [0.5, 0.6) is 0 Å². The number of aromatic nitrogens is 2. The number of ether oxygens (including phenoxy) is 1. The zero-order chi connectivity index (χ0) is 13.3. The maximum Gasteiger partial charge on any atom is 0.312 e. The Kier molecular flexibility index (Phi) is 3.43. The summed E-state index contributed by atoms with van der Waals surface area (Å²) in [6, 6.07) is 3.83. The summed E-state index contributed by atoms with van der Waals surface area (Å²) in [6.07, 6.45) is 3.92. The lowest BCUT2D eigenvalue weighted by Gasteiger charge is -2.18. The minimum absolute atomic E-state index is 0.186. The van der Waals surface area contributed by atoms with Crippen LogP contribution >= 0.6 is 15.9 Å². The Bertz CT molecular complexity index is 584. The topological polar surface area (TPSA) is 43.6 Å². The summed E-state index contributed by atoms with van der Waals surface area (Å²) >= 11 is 3.43. The fourth-order valence-electron chi connectivity index (χ4n) is 1.64. The summed E-state index contributed by atoms with van der Waals surface area (Å²) in [4.78, 5) is 16.1. The number of halogens is 1. The quantitative estimate of drug-likeness (QED) is 0.801. The Balaban J connectivity index is 2.18. The van der Waals surface area contributed by atoms with Gasteiger partial charge in [-0.3, -0.25) is 4.79 Å². The number of nitrogens with zero attached hydrogens (tertiary/aromatic N) is 2. The van der Waals surface area contributed by atoms with Gasteiger partial charge < -0.3 is 9.14 Å². The van der Waals surface area contributed by atoms with E-state index in [-0.39, 0.29) is 12.4 Å². The van der Waals surface area contributed by atoms with E-state index in [0.717, 1.165) is 10.1 Å². The van der Waals surface area contributed by atoms with Gasteiger partial charge in [-0.05, 0) is 48.8 Å². The van der Waals surface area contributed by atoms with Gasteiger partial charge in [0.2, 0.25) is 0 Å². The van der Waals surface area contributed by atoms with Crippen molar-refractivity contribution in [1.29, 1.82) is 0 Å². The van der Waals surface area contributed by atoms with Crippen molar-refractivity contribution in [2.75, 3.05) is 0 Å². The first-order chi connectivity index (χ1) is 8.35. The molecule has 96 valence electrons. The zero-order valence-electron chi connectivity index (χ0n) is 10.6. The van der Waals surface area contributed by atoms with Crippen molar-refractivity contribution >= 4 is 27.5 Å². The molecule has 0 bridgehead atoms. The number of rotatable bonds is 2. The van der Waals surface area contributed by atoms with Crippen LogP contribution in [0.4, 0.5) is 0 Å². The monoisotopic (exact) mass is 310 g/mol. The molecule has 0 aliphatic carbocycles. The lowest BCUT2D eigenvalue weighted by Crippen LogP contribution is -2.24. The molecule has 0 atom stereocenters. The maximum absolute atomic E-state index is 11.7. The van der Waals surface area contributed by atoms with Gasteiger partial charge in [0.25, 0.3) is 0 Å². The predicted molar refractivity (Wildman–Crippen MR) is 72.4 cm³/mol. The summed E-state index contributed by atoms with van der Waals surface area (Å²) in [5.41, 5.74) is 1.05. The van der Waals surface area contributed by atoms with Crippen molar-refractivity contribution < 1.29 is 9.53 Å². The van der Waals surface area contributed by atoms with Crippen LogP contribution < -0.4 is 0 Å². The van der Waals surface area contributed by atoms with Crippen molar-refractivity contribution in [3.8, 4) is 0 Å². The van der Waals surface area contributed by atoms with Gasteiger partial charge in [0.15, 0.2) is 5.65 Å². The summed E-state index contributed by atoms with van der Waals surface area (Å²) in [6.45, 7) is 5.56. The summed E-state index contributed by atoms with van der Waals surface area (Å²) in [7, 11) is 0. The molecule has 0 aromatic carbocycles. The first-order valence-electron chi connectivity index (χ1n) is 5.69. The number of pyridine rings is 1. The van der Waals surface area contributed by atoms with Crippen LogP contribution in [-0.4, -0.2) is 21.0 Å². The lowest BCUT2D eigenvalue weighted by atomic mass is 10.2. The standard InChI is InChI=1S/C13H15BrN2O2/c1-13(2,3)18-11(17)7-9-8-16-6-4-5-10(14)12(16)15-9/h4-6,8H,7H2,1-3H3. The van der Waals surface area contributed by atoms with Crippen molar-refractivity contribution in [3.05, 3.63) is 34.7 Å². The van der Waals surface area contributed by atoms with Crippen molar-refractivity contribution in [2.45, 2.75) is 32.8 Å². The molecular formula is C13H15BrN2O2. The minimum atomic E-state index is -0.461. The molecule has 4 nitrogen and oxygen atoms in total. The van der Waals surface area contributed by atoms with E-state index in [0.29, 0.717) is 5.69 Å². The molecule has 0 saturated carbocycles. The third-order valence-electron chi connectivity index (χ3n) is 2.23. The Labute approximate surface area is 114 Å². The van der Waals surface area contributed by atoms with E-state index < -0.39 is 5.60 Å². The minimum Gasteiger partial charge on any atom is -0.460 e. The average Bonchev–Trinajstić information content (AvgIpc) is 2.58. The molecule has 0 fully saturated rings. The van der Waals surface area contributed by atoms with E-state index in [1.54, 1.807) is 0 Å². The van der Waals surface area contributed by atoms with Crippen LogP contribution in [0, 0.1) is 0 Å². The zero-order valence-corrected chi connectivity index (χ0v) is 12.2. The van der Waals surface area contributed by atoms with E-state index >= 15 is 0 Å². The van der Waals surface area contributed by atoms with Crippen LogP contribution in [0.25, 0.3) is 5.65 Å². The second-order valence-corrected chi connectivity index (χ2v) is 5.94. The summed E-state index contributed by atoms with van der Waals surface area (Å²) < 4.78 is 8.05. The Hall–Kier alpha value is -1.36. The normalized spacial score (nSPS) is 11.8. The van der Waals surface area contributed by atoms with Gasteiger partial charge in [0.1, 0.15) is 5.60 Å². The van der Waals surface area contributed by atoms with E-state index in [2.05, 4.69) is 20.9 Å². The van der Waals surface area contributed by atoms with Gasteiger partial charge in [-0.2, -0.15) is 0 Å². The molecule has 0 spiro atoms. The number of fused-ring (bicyclic) bond motifs is 1. The lowest BCUT2D eigenvalue weighted by molar-refractivity contribution is -0.153. The third-order valence-corrected chi connectivity index (χ3v) is 2.85. The van der Waals surface area contributed by atoms with E-state index in [1.807, 2.05) is 49.7 Å². The molecular weight excluding hydrogens is 296 g/mol. The second-order valence-electron chi connectivity index (χ2n) is 5.08. The van der Waals surface area contributed by atoms with Gasteiger partial charge in [0, 0.05) is 12.4 Å². The van der Waals surface area contributed by atoms with Crippen LogP contribution in [0.15, 0.2) is 29.0 Å². The molecule has 0 saturated heterocycles. The Morgan fingerprint density at radius 1 is 1.50 bits per heavy atom. The van der Waals surface area contributed by atoms with E-state index in [1.165, 1.54) is 0 Å². The van der Waals surface area contributed by atoms with E-state index in [9.17, 15) is 4.79 Å². The second kappa shape index (κ2) is 4.72. The molecule has 5 heteroatoms. The fourth-order valence-corrected chi connectivity index (χ4v) is 2.09. The summed E-state index contributed by atoms with van der Waals surface area (Å²) in [5, 5.41) is 0. The van der Waals surface area contributed by atoms with Gasteiger partial charge in [-0.1, -0.05) is 0 Å². The number of esters is 1. The highest BCUT2D eigenvalue weighted by Gasteiger charge is 2.17. The summed E-state index contributed by atoms with van der Waals surface area (Å²) in [5.74, 6) is -0.262. The maximum atomic E-state index is 11.7. The number of carbonyl (C=O) groups excluding carboxylic acids is 1. The number of imidazole rings is 1. The molecule has 0 radical (unpaired) electrons. The van der Waals surface area contributed by atoms with Gasteiger partial charge in [-0.15, -0.1) is 0 Å². The highest BCUT2D eigenvalue weighted by atomic mass is 79.9.